The van der Waals surface area contributed by atoms with Crippen LogP contribution in [0.25, 0.3) is 0 Å². The number of carbonyl (C=O) groups is 5. The fourth-order valence-corrected chi connectivity index (χ4v) is 17.6. The largest absolute Gasteiger partial charge is 0.497 e. The normalized spacial score (nSPS) is 20.7. The van der Waals surface area contributed by atoms with Gasteiger partial charge in [0, 0.05) is 92.8 Å². The van der Waals surface area contributed by atoms with Crippen molar-refractivity contribution in [2.75, 3.05) is 136 Å². The first-order valence-electron chi connectivity index (χ1n) is 43.2. The van der Waals surface area contributed by atoms with Crippen LogP contribution in [-0.4, -0.2) is 225 Å². The number of para-hydroxylation sites is 5. The van der Waals surface area contributed by atoms with Crippen LogP contribution in [0.1, 0.15) is 118 Å². The van der Waals surface area contributed by atoms with Gasteiger partial charge >= 0.3 is 23.9 Å². The van der Waals surface area contributed by atoms with Gasteiger partial charge in [0.15, 0.2) is 23.0 Å². The zero-order valence-corrected chi connectivity index (χ0v) is 76.0. The molecule has 26 heteroatoms. The lowest BCUT2D eigenvalue weighted by atomic mass is 9.84. The molecule has 0 saturated carbocycles. The first-order chi connectivity index (χ1) is 61.4. The van der Waals surface area contributed by atoms with Gasteiger partial charge < -0.3 is 97.9 Å². The van der Waals surface area contributed by atoms with E-state index in [-0.39, 0.29) is 79.5 Å². The van der Waals surface area contributed by atoms with E-state index < -0.39 is 41.8 Å². The summed E-state index contributed by atoms with van der Waals surface area (Å²) in [6.45, 7) is 12.2. The summed E-state index contributed by atoms with van der Waals surface area (Å²) in [5.41, 5.74) is 11.6. The molecule has 9 aromatic rings. The maximum atomic E-state index is 14.1. The van der Waals surface area contributed by atoms with E-state index in [0.717, 1.165) is 120 Å². The minimum absolute atomic E-state index is 0.0395. The predicted octanol–water partition coefficient (Wildman–Crippen LogP) is 16.4. The number of nitrogens with two attached hydrogens (primary N) is 1. The van der Waals surface area contributed by atoms with E-state index >= 15 is 0 Å². The molecule has 0 unspecified atom stereocenters. The summed E-state index contributed by atoms with van der Waals surface area (Å²) >= 11 is 0. The molecule has 9 aromatic carbocycles. The molecule has 5 aliphatic heterocycles. The number of likely N-dealkylation sites (tertiary alicyclic amines) is 4. The number of carbonyl (C=O) groups excluding carboxylic acids is 1. The highest BCUT2D eigenvalue weighted by Crippen LogP contribution is 2.48. The fraction of sp³-hybridized carbons (Fsp3) is 0.416. The Hall–Kier alpha value is -12.1. The van der Waals surface area contributed by atoms with Gasteiger partial charge in [-0.1, -0.05) is 149 Å². The first kappa shape index (κ1) is 100. The number of fused-ring (bicyclic) bond motifs is 1. The molecule has 0 aliphatic carbocycles. The van der Waals surface area contributed by atoms with Crippen molar-refractivity contribution in [2.45, 2.75) is 121 Å². The number of carboxylic acid groups (broad SMARTS) is 4. The van der Waals surface area contributed by atoms with Crippen molar-refractivity contribution in [1.29, 1.82) is 0 Å². The Kier molecular flexibility index (Phi) is 40.7. The molecular formula is C101H130N6O20. The zero-order valence-electron chi connectivity index (χ0n) is 76.0. The predicted molar refractivity (Wildman–Crippen MR) is 493 cm³/mol. The smallest absolute Gasteiger partial charge is 0.308 e. The molecule has 14 rings (SSSR count). The number of benzene rings is 9. The third-order valence-corrected chi connectivity index (χ3v) is 24.1. The molecule has 1 amide bonds. The number of aliphatic carboxylic acids is 4. The number of hydrogen-bond donors (Lipinski definition) is 5. The van der Waals surface area contributed by atoms with Crippen molar-refractivity contribution in [3.63, 3.8) is 0 Å². The first-order valence-corrected chi connectivity index (χ1v) is 43.2. The molecule has 5 heterocycles. The van der Waals surface area contributed by atoms with E-state index in [0.29, 0.717) is 54.8 Å². The highest BCUT2D eigenvalue weighted by atomic mass is 16.7. The molecule has 0 aromatic heterocycles. The third kappa shape index (κ3) is 27.7. The maximum absolute atomic E-state index is 14.1. The van der Waals surface area contributed by atoms with Crippen molar-refractivity contribution in [3.8, 4) is 63.2 Å². The molecule has 0 spiro atoms. The second kappa shape index (κ2) is 51.5. The quantitative estimate of drug-likeness (QED) is 0.0279. The van der Waals surface area contributed by atoms with Gasteiger partial charge in [0.25, 0.3) is 0 Å². The molecule has 12 atom stereocenters. The summed E-state index contributed by atoms with van der Waals surface area (Å²) in [6.07, 6.45) is 4.70. The van der Waals surface area contributed by atoms with E-state index in [4.69, 9.17) is 57.8 Å². The van der Waals surface area contributed by atoms with Crippen molar-refractivity contribution >= 4 is 35.5 Å². The van der Waals surface area contributed by atoms with Gasteiger partial charge in [0.1, 0.15) is 34.5 Å². The van der Waals surface area contributed by atoms with Crippen LogP contribution in [0.2, 0.25) is 0 Å². The van der Waals surface area contributed by atoms with Gasteiger partial charge in [0.2, 0.25) is 18.4 Å². The molecule has 127 heavy (non-hydrogen) atoms. The summed E-state index contributed by atoms with van der Waals surface area (Å²) < 4.78 is 58.5. The van der Waals surface area contributed by atoms with Gasteiger partial charge in [0.05, 0.1) is 93.7 Å². The topological polar surface area (TPSA) is 310 Å². The lowest BCUT2D eigenvalue weighted by Gasteiger charge is -2.30. The van der Waals surface area contributed by atoms with E-state index in [1.54, 1.807) is 54.7 Å². The number of amides is 1. The second-order valence-corrected chi connectivity index (χ2v) is 31.5. The van der Waals surface area contributed by atoms with Crippen molar-refractivity contribution in [2.24, 2.45) is 29.4 Å². The van der Waals surface area contributed by atoms with Crippen LogP contribution in [-0.2, 0) is 30.5 Å². The molecule has 0 radical (unpaired) electrons. The van der Waals surface area contributed by atoms with E-state index in [9.17, 15) is 44.4 Å². The van der Waals surface area contributed by atoms with Crippen molar-refractivity contribution in [1.82, 2.24) is 19.6 Å². The molecule has 4 saturated heterocycles. The van der Waals surface area contributed by atoms with Gasteiger partial charge in [-0.15, -0.1) is 0 Å². The van der Waals surface area contributed by atoms with Gasteiger partial charge in [-0.2, -0.15) is 0 Å². The highest BCUT2D eigenvalue weighted by Gasteiger charge is 2.50. The molecule has 0 bridgehead atoms. The maximum Gasteiger partial charge on any atom is 0.308 e. The molecule has 26 nitrogen and oxygen atoms in total. The molecule has 4 fully saturated rings. The number of hydrogen-bond acceptors (Lipinski definition) is 21. The number of carboxylic acids is 4. The lowest BCUT2D eigenvalue weighted by Crippen LogP contribution is -2.45. The summed E-state index contributed by atoms with van der Waals surface area (Å²) in [5.74, 6) is 2.52. The average Bonchev–Trinajstić information content (AvgIpc) is 1.62. The number of nitrogens with zero attached hydrogens (tertiary/aromatic N) is 5. The number of ether oxygens (including phenoxy) is 11. The standard InChI is InChI=1S/C35H43N3O8.3C15H21NO3.3C7H8O/c1-4-5-14-38(25-10-8-9-23(16-25)19-36)32(39)21-37-20-26(24-17-30(43-3)34-31(18-24)45-22-46-34)33(35(40)41)27(37)13-15-44-29-12-7-6-11-28(29)42-2;3*1-4-13-14(15(17)18)12(9-16(13)2)10-5-7-11(19-3)8-6-10;3*1-8-7-5-3-2-4-6-7/h6-12,16-18,26-27,33H,4-5,13-15,19-22,36H2,1-3H3,(H,40,41);3*5-8,12-14H,4,9H2,1-3H3,(H,17,18);3*2-6H,1H3/t26-,27+,33-;3*12-,13+,14-;;;/m1111.../s1. The van der Waals surface area contributed by atoms with E-state index in [1.807, 2.05) is 271 Å². The van der Waals surface area contributed by atoms with Gasteiger partial charge in [-0.25, -0.2) is 0 Å². The molecule has 684 valence electrons. The second-order valence-electron chi connectivity index (χ2n) is 31.5. The number of anilines is 1. The lowest BCUT2D eigenvalue weighted by molar-refractivity contribution is -0.144. The fourth-order valence-electron chi connectivity index (χ4n) is 17.6. The molecule has 6 N–H and O–H groups in total. The minimum atomic E-state index is -0.947. The third-order valence-electron chi connectivity index (χ3n) is 24.1. The Morgan fingerprint density at radius 3 is 1.13 bits per heavy atom. The van der Waals surface area contributed by atoms with Crippen LogP contribution in [0.4, 0.5) is 5.69 Å². The Labute approximate surface area is 748 Å². The van der Waals surface area contributed by atoms with Crippen molar-refractivity contribution < 1.29 is 96.5 Å². The van der Waals surface area contributed by atoms with E-state index in [1.165, 1.54) is 7.11 Å². The zero-order chi connectivity index (χ0) is 92.1. The summed E-state index contributed by atoms with van der Waals surface area (Å²) in [7, 11) is 19.0. The van der Waals surface area contributed by atoms with Gasteiger partial charge in [-0.3, -0.25) is 28.9 Å². The minimum Gasteiger partial charge on any atom is -0.497 e. The monoisotopic (exact) mass is 1750 g/mol. The summed E-state index contributed by atoms with van der Waals surface area (Å²) in [6, 6.07) is 70.8. The summed E-state index contributed by atoms with van der Waals surface area (Å²) in [4.78, 5) is 72.1. The average molecular weight is 1750 g/mol. The number of unbranched alkanes of at least 4 members (excludes halogenated alkanes) is 1. The number of methoxy groups -OCH3 is 8. The van der Waals surface area contributed by atoms with Gasteiger partial charge in [-0.05, 0) is 190 Å². The Morgan fingerprint density at radius 2 is 0.772 bits per heavy atom. The SMILES string of the molecule is CCCCN(C(=O)CN1C[C@H](c2cc(OC)c3c(c2)OCO3)[C@@H](C(=O)O)[C@@H]1CCOc1ccccc1OC)c1cccc(CN)c1.CC[C@H]1[C@H](C(=O)O)[C@@H](c2ccc(OC)cc2)CN1C.CC[C@H]1[C@H](C(=O)O)[C@@H](c2ccc(OC)cc2)CN1C.CC[C@H]1[C@H](C(=O)O)[C@@H](c2ccc(OC)cc2)CN1C.COc1ccccc1.COc1ccccc1.COc1ccccc1. The Morgan fingerprint density at radius 1 is 0.402 bits per heavy atom. The van der Waals surface area contributed by atoms with Crippen LogP contribution in [0.15, 0.2) is 224 Å². The van der Waals surface area contributed by atoms with Crippen LogP contribution in [0, 0.1) is 23.7 Å². The summed E-state index contributed by atoms with van der Waals surface area (Å²) in [5, 5.41) is 39.2. The Bertz CT molecular complexity index is 4490. The number of likely N-dealkylation sites (N-methyl/N-ethyl adjacent to an activating group) is 3. The highest BCUT2D eigenvalue weighted by molar-refractivity contribution is 5.95. The van der Waals surface area contributed by atoms with Crippen LogP contribution in [0.5, 0.6) is 63.2 Å². The van der Waals surface area contributed by atoms with E-state index in [2.05, 4.69) is 21.6 Å². The molecule has 5 aliphatic rings. The van der Waals surface area contributed by atoms with Crippen LogP contribution in [0.3, 0.4) is 0 Å². The number of rotatable bonds is 30. The van der Waals surface area contributed by atoms with Crippen LogP contribution >= 0.6 is 0 Å². The van der Waals surface area contributed by atoms with Crippen molar-refractivity contribution in [3.05, 3.63) is 252 Å². The van der Waals surface area contributed by atoms with Crippen LogP contribution < -0.4 is 62.7 Å². The Balaban J connectivity index is 0.000000205. The molecular weight excluding hydrogens is 1620 g/mol.